The van der Waals surface area contributed by atoms with Gasteiger partial charge in [-0.15, -0.1) is 0 Å². The highest BCUT2D eigenvalue weighted by Crippen LogP contribution is 2.31. The molecule has 0 aliphatic rings. The van der Waals surface area contributed by atoms with Crippen LogP contribution in [0.2, 0.25) is 0 Å². The third-order valence-electron chi connectivity index (χ3n) is 5.12. The summed E-state index contributed by atoms with van der Waals surface area (Å²) < 4.78 is 0. The van der Waals surface area contributed by atoms with Gasteiger partial charge in [0.1, 0.15) is 5.82 Å². The first kappa shape index (κ1) is 18.1. The Balaban J connectivity index is 1.54. The van der Waals surface area contributed by atoms with E-state index in [2.05, 4.69) is 63.8 Å². The lowest BCUT2D eigenvalue weighted by molar-refractivity contribution is 1.00. The zero-order chi connectivity index (χ0) is 20.5. The van der Waals surface area contributed by atoms with Gasteiger partial charge in [-0.2, -0.15) is 5.10 Å². The fourth-order valence-electron chi connectivity index (χ4n) is 3.53. The fraction of sp³-hybridized carbons (Fsp3) is 0.125. The van der Waals surface area contributed by atoms with E-state index in [4.69, 9.17) is 9.97 Å². The number of fused-ring (bicyclic) bond motifs is 1. The second-order valence-corrected chi connectivity index (χ2v) is 7.46. The molecule has 0 aliphatic heterocycles. The van der Waals surface area contributed by atoms with Crippen LogP contribution in [0.3, 0.4) is 0 Å². The van der Waals surface area contributed by atoms with E-state index >= 15 is 0 Å². The number of anilines is 1. The number of pyridine rings is 1. The number of aryl methyl sites for hydroxylation is 2. The summed E-state index contributed by atoms with van der Waals surface area (Å²) in [6, 6.07) is 20.6. The van der Waals surface area contributed by atoms with E-state index in [0.29, 0.717) is 6.54 Å². The van der Waals surface area contributed by atoms with Crippen molar-refractivity contribution >= 4 is 16.6 Å². The number of imidazole rings is 1. The molecule has 0 spiro atoms. The van der Waals surface area contributed by atoms with Crippen LogP contribution in [0.5, 0.6) is 0 Å². The molecule has 2 aromatic carbocycles. The van der Waals surface area contributed by atoms with Crippen LogP contribution in [-0.4, -0.2) is 25.1 Å². The molecule has 0 atom stereocenters. The van der Waals surface area contributed by atoms with Crippen molar-refractivity contribution in [3.05, 3.63) is 83.9 Å². The van der Waals surface area contributed by atoms with Gasteiger partial charge in [0.2, 0.25) is 0 Å². The Morgan fingerprint density at radius 2 is 1.80 bits per heavy atom. The summed E-state index contributed by atoms with van der Waals surface area (Å²) in [6.07, 6.45) is 1.83. The summed E-state index contributed by atoms with van der Waals surface area (Å²) >= 11 is 0. The molecule has 30 heavy (non-hydrogen) atoms. The van der Waals surface area contributed by atoms with Gasteiger partial charge in [0.15, 0.2) is 0 Å². The van der Waals surface area contributed by atoms with Crippen LogP contribution >= 0.6 is 0 Å². The number of hydrogen-bond donors (Lipinski definition) is 3. The minimum Gasteiger partial charge on any atom is -0.378 e. The number of aromatic nitrogens is 5. The first-order valence-electron chi connectivity index (χ1n) is 9.93. The van der Waals surface area contributed by atoms with Gasteiger partial charge in [-0.25, -0.2) is 4.98 Å². The van der Waals surface area contributed by atoms with E-state index in [1.807, 2.05) is 37.4 Å². The number of aromatic amines is 2. The molecule has 0 aliphatic carbocycles. The zero-order valence-corrected chi connectivity index (χ0v) is 16.9. The first-order valence-corrected chi connectivity index (χ1v) is 9.93. The van der Waals surface area contributed by atoms with Crippen LogP contribution in [-0.2, 0) is 6.54 Å². The van der Waals surface area contributed by atoms with Crippen molar-refractivity contribution in [2.75, 3.05) is 5.32 Å². The van der Waals surface area contributed by atoms with Gasteiger partial charge < -0.3 is 10.3 Å². The van der Waals surface area contributed by atoms with E-state index in [-0.39, 0.29) is 0 Å². The Hall–Kier alpha value is -3.93. The monoisotopic (exact) mass is 394 g/mol. The molecular weight excluding hydrogens is 372 g/mol. The number of H-pyrrole nitrogens is 2. The molecule has 3 aromatic heterocycles. The van der Waals surface area contributed by atoms with Crippen LogP contribution in [0.25, 0.3) is 33.5 Å². The molecule has 0 fully saturated rings. The third-order valence-corrected chi connectivity index (χ3v) is 5.12. The third kappa shape index (κ3) is 3.55. The summed E-state index contributed by atoms with van der Waals surface area (Å²) in [5.74, 6) is 0.858. The quantitative estimate of drug-likeness (QED) is 0.380. The predicted molar refractivity (Wildman–Crippen MR) is 120 cm³/mol. The Bertz CT molecular complexity index is 1310. The number of hydrogen-bond acceptors (Lipinski definition) is 4. The lowest BCUT2D eigenvalue weighted by Crippen LogP contribution is -2.01. The highest BCUT2D eigenvalue weighted by atomic mass is 15.1. The smallest absolute Gasteiger partial charge is 0.126 e. The van der Waals surface area contributed by atoms with Crippen LogP contribution < -0.4 is 5.32 Å². The summed E-state index contributed by atoms with van der Waals surface area (Å²) in [7, 11) is 0. The average Bonchev–Trinajstić information content (AvgIpc) is 3.40. The van der Waals surface area contributed by atoms with Crippen molar-refractivity contribution in [1.29, 1.82) is 0 Å². The normalized spacial score (nSPS) is 11.1. The van der Waals surface area contributed by atoms with Crippen molar-refractivity contribution in [2.45, 2.75) is 20.4 Å². The molecule has 0 saturated carbocycles. The van der Waals surface area contributed by atoms with Gasteiger partial charge in [-0.3, -0.25) is 10.1 Å². The molecule has 6 nitrogen and oxygen atoms in total. The molecule has 6 heteroatoms. The van der Waals surface area contributed by atoms with Crippen LogP contribution in [0.15, 0.2) is 66.9 Å². The van der Waals surface area contributed by atoms with E-state index in [9.17, 15) is 0 Å². The van der Waals surface area contributed by atoms with Gasteiger partial charge in [-0.1, -0.05) is 29.8 Å². The Morgan fingerprint density at radius 1 is 0.933 bits per heavy atom. The van der Waals surface area contributed by atoms with Gasteiger partial charge >= 0.3 is 0 Å². The topological polar surface area (TPSA) is 82.3 Å². The Kier molecular flexibility index (Phi) is 4.52. The van der Waals surface area contributed by atoms with E-state index in [0.717, 1.165) is 50.8 Å². The minimum absolute atomic E-state index is 0.593. The highest BCUT2D eigenvalue weighted by molar-refractivity contribution is 5.86. The lowest BCUT2D eigenvalue weighted by atomic mass is 10.1. The average molecular weight is 394 g/mol. The van der Waals surface area contributed by atoms with Gasteiger partial charge in [0, 0.05) is 22.3 Å². The number of nitrogens with one attached hydrogen (secondary N) is 3. The largest absolute Gasteiger partial charge is 0.378 e. The maximum absolute atomic E-state index is 4.92. The molecule has 0 bridgehead atoms. The summed E-state index contributed by atoms with van der Waals surface area (Å²) in [5.41, 5.74) is 7.99. The van der Waals surface area contributed by atoms with Crippen molar-refractivity contribution in [3.63, 3.8) is 0 Å². The second-order valence-electron chi connectivity index (χ2n) is 7.46. The molecule has 3 N–H and O–H groups in total. The Morgan fingerprint density at radius 3 is 2.63 bits per heavy atom. The van der Waals surface area contributed by atoms with Crippen molar-refractivity contribution < 1.29 is 0 Å². The van der Waals surface area contributed by atoms with Crippen LogP contribution in [0.4, 0.5) is 5.69 Å². The predicted octanol–water partition coefficient (Wildman–Crippen LogP) is 5.24. The maximum Gasteiger partial charge on any atom is 0.126 e. The molecule has 5 aromatic rings. The standard InChI is InChI=1S/C24H22N6/c1-15-6-9-19(10-7-15)25-14-22-28-23(17-8-11-20-18(12-17)13-26-30-20)24(29-22)21-5-3-4-16(2)27-21/h3-13,25H,14H2,1-2H3,(H,26,30)(H,28,29). The van der Waals surface area contributed by atoms with Crippen LogP contribution in [0.1, 0.15) is 17.1 Å². The number of rotatable bonds is 5. The molecule has 5 rings (SSSR count). The fourth-order valence-corrected chi connectivity index (χ4v) is 3.53. The molecule has 0 radical (unpaired) electrons. The second kappa shape index (κ2) is 7.48. The van der Waals surface area contributed by atoms with Crippen molar-refractivity contribution in [2.24, 2.45) is 0 Å². The van der Waals surface area contributed by atoms with Gasteiger partial charge in [0.25, 0.3) is 0 Å². The zero-order valence-electron chi connectivity index (χ0n) is 16.9. The van der Waals surface area contributed by atoms with Crippen molar-refractivity contribution in [1.82, 2.24) is 25.1 Å². The number of nitrogens with zero attached hydrogens (tertiary/aromatic N) is 3. The van der Waals surface area contributed by atoms with Crippen LogP contribution in [0, 0.1) is 13.8 Å². The summed E-state index contributed by atoms with van der Waals surface area (Å²) in [6.45, 7) is 4.67. The molecule has 3 heterocycles. The summed E-state index contributed by atoms with van der Waals surface area (Å²) in [4.78, 5) is 13.1. The summed E-state index contributed by atoms with van der Waals surface area (Å²) in [5, 5.41) is 11.6. The number of benzene rings is 2. The SMILES string of the molecule is Cc1ccc(NCc2nc(-c3ccc4[nH]ncc4c3)c(-c3cccc(C)n3)[nH]2)cc1. The lowest BCUT2D eigenvalue weighted by Gasteiger charge is -2.04. The molecule has 148 valence electrons. The van der Waals surface area contributed by atoms with Crippen molar-refractivity contribution in [3.8, 4) is 22.6 Å². The van der Waals surface area contributed by atoms with E-state index in [1.54, 1.807) is 0 Å². The maximum atomic E-state index is 4.92. The van der Waals surface area contributed by atoms with E-state index in [1.165, 1.54) is 5.56 Å². The Labute approximate surface area is 174 Å². The molecular formula is C24H22N6. The van der Waals surface area contributed by atoms with Gasteiger partial charge in [-0.05, 0) is 50.2 Å². The minimum atomic E-state index is 0.593. The molecule has 0 amide bonds. The van der Waals surface area contributed by atoms with Gasteiger partial charge in [0.05, 0.1) is 35.3 Å². The first-order chi connectivity index (χ1) is 14.7. The van der Waals surface area contributed by atoms with E-state index < -0.39 is 0 Å². The molecule has 0 unspecified atom stereocenters. The highest BCUT2D eigenvalue weighted by Gasteiger charge is 2.16. The molecule has 0 saturated heterocycles.